The fraction of sp³-hybridized carbons (Fsp3) is 1.00. The summed E-state index contributed by atoms with van der Waals surface area (Å²) in [5, 5.41) is 17.9. The zero-order chi connectivity index (χ0) is 17.4. The van der Waals surface area contributed by atoms with Gasteiger partial charge in [-0.05, 0) is 56.4 Å². The highest BCUT2D eigenvalue weighted by Crippen LogP contribution is 2.43. The molecule has 3 aliphatic carbocycles. The summed E-state index contributed by atoms with van der Waals surface area (Å²) in [4.78, 5) is 0. The number of hydrogen-bond acceptors (Lipinski definition) is 2. The van der Waals surface area contributed by atoms with Crippen LogP contribution in [0.4, 0.5) is 0 Å². The number of rotatable bonds is 3. The largest absolute Gasteiger partial charge is 0.393 e. The van der Waals surface area contributed by atoms with E-state index in [4.69, 9.17) is 0 Å². The topological polar surface area (TPSA) is 48.9 Å². The molecule has 0 aromatic rings. The van der Waals surface area contributed by atoms with E-state index in [9.17, 15) is 5.11 Å². The summed E-state index contributed by atoms with van der Waals surface area (Å²) >= 11 is 0. The zero-order valence-electron chi connectivity index (χ0n) is 16.6. The van der Waals surface area contributed by atoms with Crippen molar-refractivity contribution in [2.75, 3.05) is 6.54 Å². The third kappa shape index (κ3) is 3.94. The summed E-state index contributed by atoms with van der Waals surface area (Å²) in [6.45, 7) is 5.92. The standard InChI is InChI=1S/C22H40N2O/c1-22(2)12-18-20(19(25)13-22)21(16-10-6-7-11-17(16)24-18)23-14-15-8-4-3-5-9-15/h15-21,23-25H,3-14H2,1-2H3/p+1/t16?,17?,18?,19-,20?,21?/m0/s1. The number of aliphatic hydroxyl groups excluding tert-OH is 1. The maximum atomic E-state index is 11.1. The molecule has 4 fully saturated rings. The van der Waals surface area contributed by atoms with Crippen LogP contribution in [-0.2, 0) is 0 Å². The molecule has 1 saturated heterocycles. The van der Waals surface area contributed by atoms with Crippen LogP contribution in [0, 0.1) is 23.2 Å². The van der Waals surface area contributed by atoms with Crippen LogP contribution in [0.25, 0.3) is 0 Å². The molecule has 0 amide bonds. The summed E-state index contributed by atoms with van der Waals surface area (Å²) in [5.74, 6) is 2.14. The molecule has 5 unspecified atom stereocenters. The van der Waals surface area contributed by atoms with E-state index >= 15 is 0 Å². The van der Waals surface area contributed by atoms with E-state index in [2.05, 4.69) is 24.5 Å². The monoisotopic (exact) mass is 349 g/mol. The molecule has 0 aromatic carbocycles. The van der Waals surface area contributed by atoms with Gasteiger partial charge in [-0.25, -0.2) is 0 Å². The third-order valence-corrected chi connectivity index (χ3v) is 8.10. The molecule has 0 radical (unpaired) electrons. The van der Waals surface area contributed by atoms with Crippen LogP contribution in [0.3, 0.4) is 0 Å². The Bertz CT molecular complexity index is 445. The molecule has 4 rings (SSSR count). The molecule has 0 aromatic heterocycles. The first-order valence-corrected chi connectivity index (χ1v) is 11.3. The van der Waals surface area contributed by atoms with Gasteiger partial charge in [0.2, 0.25) is 0 Å². The Kier molecular flexibility index (Phi) is 5.46. The first-order valence-electron chi connectivity index (χ1n) is 11.3. The third-order valence-electron chi connectivity index (χ3n) is 8.10. The predicted molar refractivity (Wildman–Crippen MR) is 102 cm³/mol. The van der Waals surface area contributed by atoms with Gasteiger partial charge < -0.3 is 15.7 Å². The van der Waals surface area contributed by atoms with Crippen LogP contribution in [-0.4, -0.2) is 35.9 Å². The number of hydrogen-bond donors (Lipinski definition) is 3. The molecular formula is C22H41N2O+. The fourth-order valence-electron chi connectivity index (χ4n) is 7.00. The van der Waals surface area contributed by atoms with Gasteiger partial charge in [-0.15, -0.1) is 0 Å². The predicted octanol–water partition coefficient (Wildman–Crippen LogP) is 2.83. The number of piperidine rings is 1. The minimum atomic E-state index is -0.114. The first kappa shape index (κ1) is 18.3. The van der Waals surface area contributed by atoms with Gasteiger partial charge in [-0.3, -0.25) is 0 Å². The van der Waals surface area contributed by atoms with Crippen molar-refractivity contribution < 1.29 is 10.4 Å². The molecule has 3 saturated carbocycles. The van der Waals surface area contributed by atoms with E-state index in [1.807, 2.05) is 0 Å². The second-order valence-corrected chi connectivity index (χ2v) is 10.6. The molecule has 3 nitrogen and oxygen atoms in total. The molecule has 1 heterocycles. The van der Waals surface area contributed by atoms with Gasteiger partial charge in [0.05, 0.1) is 24.1 Å². The Hall–Kier alpha value is -0.120. The number of fused-ring (bicyclic) bond motifs is 2. The molecule has 6 atom stereocenters. The van der Waals surface area contributed by atoms with E-state index in [0.29, 0.717) is 23.4 Å². The van der Waals surface area contributed by atoms with Crippen LogP contribution < -0.4 is 10.6 Å². The highest BCUT2D eigenvalue weighted by molar-refractivity contribution is 5.02. The molecule has 4 aliphatic rings. The van der Waals surface area contributed by atoms with E-state index in [-0.39, 0.29) is 6.10 Å². The van der Waals surface area contributed by atoms with Crippen LogP contribution >= 0.6 is 0 Å². The van der Waals surface area contributed by atoms with Crippen molar-refractivity contribution in [3.05, 3.63) is 0 Å². The Labute approximate surface area is 154 Å². The highest BCUT2D eigenvalue weighted by Gasteiger charge is 2.54. The lowest BCUT2D eigenvalue weighted by Crippen LogP contribution is -3.03. The van der Waals surface area contributed by atoms with Crippen molar-refractivity contribution >= 4 is 0 Å². The van der Waals surface area contributed by atoms with Gasteiger partial charge in [0.25, 0.3) is 0 Å². The lowest BCUT2D eigenvalue weighted by atomic mass is 9.60. The quantitative estimate of drug-likeness (QED) is 0.734. The second-order valence-electron chi connectivity index (χ2n) is 10.6. The van der Waals surface area contributed by atoms with Gasteiger partial charge in [0.15, 0.2) is 0 Å². The number of aliphatic hydroxyl groups is 1. The maximum Gasteiger partial charge on any atom is 0.0935 e. The SMILES string of the molecule is CC1(C)CC2[NH2+]C3CCCCC3C(NCC3CCCCC3)C2[C@@H](O)C1. The van der Waals surface area contributed by atoms with Crippen LogP contribution in [0.2, 0.25) is 0 Å². The zero-order valence-corrected chi connectivity index (χ0v) is 16.6. The van der Waals surface area contributed by atoms with Crippen LogP contribution in [0.1, 0.15) is 84.5 Å². The van der Waals surface area contributed by atoms with Gasteiger partial charge in [0, 0.05) is 18.4 Å². The Balaban J connectivity index is 1.49. The smallest absolute Gasteiger partial charge is 0.0935 e. The average molecular weight is 350 g/mol. The van der Waals surface area contributed by atoms with Crippen molar-refractivity contribution in [3.8, 4) is 0 Å². The normalized spacial score (nSPS) is 44.8. The van der Waals surface area contributed by atoms with Crippen molar-refractivity contribution in [2.24, 2.45) is 23.2 Å². The molecule has 4 N–H and O–H groups in total. The lowest BCUT2D eigenvalue weighted by Gasteiger charge is -2.54. The Morgan fingerprint density at radius 2 is 1.64 bits per heavy atom. The van der Waals surface area contributed by atoms with Crippen molar-refractivity contribution in [1.29, 1.82) is 0 Å². The summed E-state index contributed by atoms with van der Waals surface area (Å²) in [5.41, 5.74) is 0.298. The van der Waals surface area contributed by atoms with Gasteiger partial charge >= 0.3 is 0 Å². The average Bonchev–Trinajstić information content (AvgIpc) is 2.58. The summed E-state index contributed by atoms with van der Waals surface area (Å²) in [6, 6.07) is 2.00. The molecular weight excluding hydrogens is 308 g/mol. The minimum absolute atomic E-state index is 0.114. The molecule has 144 valence electrons. The van der Waals surface area contributed by atoms with Gasteiger partial charge in [-0.1, -0.05) is 39.5 Å². The van der Waals surface area contributed by atoms with E-state index in [0.717, 1.165) is 24.3 Å². The second kappa shape index (κ2) is 7.48. The Morgan fingerprint density at radius 3 is 2.44 bits per heavy atom. The van der Waals surface area contributed by atoms with Gasteiger partial charge in [-0.2, -0.15) is 0 Å². The summed E-state index contributed by atoms with van der Waals surface area (Å²) in [6.07, 6.45) is 14.9. The molecule has 1 aliphatic heterocycles. The van der Waals surface area contributed by atoms with Crippen LogP contribution in [0.15, 0.2) is 0 Å². The molecule has 3 heteroatoms. The van der Waals surface area contributed by atoms with Crippen molar-refractivity contribution in [1.82, 2.24) is 5.32 Å². The molecule has 25 heavy (non-hydrogen) atoms. The van der Waals surface area contributed by atoms with Crippen molar-refractivity contribution in [2.45, 2.75) is 109 Å². The first-order chi connectivity index (χ1) is 12.0. The van der Waals surface area contributed by atoms with Crippen LogP contribution in [0.5, 0.6) is 0 Å². The van der Waals surface area contributed by atoms with E-state index < -0.39 is 0 Å². The van der Waals surface area contributed by atoms with Crippen molar-refractivity contribution in [3.63, 3.8) is 0 Å². The lowest BCUT2D eigenvalue weighted by molar-refractivity contribution is -0.752. The van der Waals surface area contributed by atoms with E-state index in [1.165, 1.54) is 70.8 Å². The maximum absolute atomic E-state index is 11.1. The molecule has 0 spiro atoms. The fourth-order valence-corrected chi connectivity index (χ4v) is 7.00. The summed E-state index contributed by atoms with van der Waals surface area (Å²) < 4.78 is 0. The summed E-state index contributed by atoms with van der Waals surface area (Å²) in [7, 11) is 0. The number of nitrogens with two attached hydrogens (primary N) is 1. The highest BCUT2D eigenvalue weighted by atomic mass is 16.3. The van der Waals surface area contributed by atoms with E-state index in [1.54, 1.807) is 0 Å². The number of nitrogens with one attached hydrogen (secondary N) is 1. The minimum Gasteiger partial charge on any atom is -0.393 e. The number of quaternary nitrogens is 1. The Morgan fingerprint density at radius 1 is 0.920 bits per heavy atom. The molecule has 0 bridgehead atoms. The van der Waals surface area contributed by atoms with Gasteiger partial charge in [0.1, 0.15) is 0 Å².